The van der Waals surface area contributed by atoms with E-state index in [1.54, 1.807) is 6.07 Å². The molecule has 2 unspecified atom stereocenters. The molecule has 0 amide bonds. The molecule has 6 atom stereocenters. The second kappa shape index (κ2) is 8.64. The fourth-order valence-corrected chi connectivity index (χ4v) is 4.13. The number of hydrazine groups is 1. The number of ether oxygens (including phenoxy) is 2. The number of anilines is 2. The van der Waals surface area contributed by atoms with Crippen LogP contribution < -0.4 is 16.2 Å². The average molecular weight is 494 g/mol. The molecule has 2 saturated heterocycles. The van der Waals surface area contributed by atoms with Crippen LogP contribution in [-0.4, -0.2) is 60.5 Å². The number of hydrogen-bond acceptors (Lipinski definition) is 10. The Morgan fingerprint density at radius 3 is 2.62 bits per heavy atom. The van der Waals surface area contributed by atoms with Gasteiger partial charge in [-0.15, -0.1) is 0 Å². The van der Waals surface area contributed by atoms with Gasteiger partial charge in [0.25, 0.3) is 0 Å². The Balaban J connectivity index is 1.40. The third kappa shape index (κ3) is 4.11. The summed E-state index contributed by atoms with van der Waals surface area (Å²) < 4.78 is 27.7. The summed E-state index contributed by atoms with van der Waals surface area (Å²) in [6.45, 7) is 6.03. The molecule has 5 N–H and O–H groups in total. The highest BCUT2D eigenvalue weighted by Crippen LogP contribution is 2.36. The second-order valence-electron chi connectivity index (χ2n) is 9.36. The molecule has 11 nitrogen and oxygen atoms in total. The van der Waals surface area contributed by atoms with Crippen LogP contribution >= 0.6 is 11.6 Å². The first-order valence-corrected chi connectivity index (χ1v) is 11.1. The molecule has 0 bridgehead atoms. The van der Waals surface area contributed by atoms with E-state index in [0.29, 0.717) is 11.2 Å². The predicted molar refractivity (Wildman–Crippen MR) is 120 cm³/mol. The zero-order chi connectivity index (χ0) is 24.2. The monoisotopic (exact) mass is 493 g/mol. The standard InChI is InChI=1S/C21H25ClFN7O4/c1-21(2,3)20-29-28-18(34-20)15-13(31)14(32)19(33-15)30-8-26-12-16(24-7-25-17(12)30)27-11-5-4-9(22)6-10(11)23/h4-8,13-15,18-20,28-29,31-32H,1-3H3,(H,24,25,27)/t13-,14+,15-,18?,19+,20?/m0/s1. The molecule has 2 aliphatic heterocycles. The maximum atomic E-state index is 14.3. The number of rotatable bonds is 4. The number of halogens is 2. The number of nitrogens with zero attached hydrogens (tertiary/aromatic N) is 4. The van der Waals surface area contributed by atoms with Gasteiger partial charge in [0.15, 0.2) is 29.4 Å². The average Bonchev–Trinajstić information content (AvgIpc) is 3.49. The summed E-state index contributed by atoms with van der Waals surface area (Å²) in [5, 5.41) is 24.6. The van der Waals surface area contributed by atoms with Crippen LogP contribution in [0.4, 0.5) is 15.9 Å². The molecular formula is C21H25ClFN7O4. The lowest BCUT2D eigenvalue weighted by Crippen LogP contribution is -2.46. The number of fused-ring (bicyclic) bond motifs is 1. The number of imidazole rings is 1. The minimum Gasteiger partial charge on any atom is -0.387 e. The van der Waals surface area contributed by atoms with Crippen LogP contribution in [0, 0.1) is 11.2 Å². The molecule has 0 aliphatic carbocycles. The minimum absolute atomic E-state index is 0.164. The van der Waals surface area contributed by atoms with E-state index < -0.39 is 36.6 Å². The largest absolute Gasteiger partial charge is 0.387 e. The van der Waals surface area contributed by atoms with Gasteiger partial charge in [0.1, 0.15) is 36.7 Å². The minimum atomic E-state index is -1.28. The van der Waals surface area contributed by atoms with Gasteiger partial charge in [-0.2, -0.15) is 0 Å². The molecule has 0 spiro atoms. The zero-order valence-corrected chi connectivity index (χ0v) is 19.4. The van der Waals surface area contributed by atoms with Gasteiger partial charge in [0, 0.05) is 10.4 Å². The fourth-order valence-electron chi connectivity index (χ4n) is 3.97. The Kier molecular flexibility index (Phi) is 5.92. The quantitative estimate of drug-likeness (QED) is 0.365. The molecule has 13 heteroatoms. The van der Waals surface area contributed by atoms with Gasteiger partial charge < -0.3 is 25.0 Å². The number of aliphatic hydroxyl groups is 2. The molecule has 0 saturated carbocycles. The van der Waals surface area contributed by atoms with E-state index in [1.165, 1.54) is 29.4 Å². The van der Waals surface area contributed by atoms with E-state index in [2.05, 4.69) is 31.1 Å². The molecule has 2 fully saturated rings. The third-order valence-corrected chi connectivity index (χ3v) is 6.05. The Labute approximate surface area is 199 Å². The van der Waals surface area contributed by atoms with E-state index in [4.69, 9.17) is 21.1 Å². The van der Waals surface area contributed by atoms with E-state index in [-0.39, 0.29) is 28.2 Å². The van der Waals surface area contributed by atoms with Crippen molar-refractivity contribution in [2.24, 2.45) is 5.41 Å². The van der Waals surface area contributed by atoms with Crippen molar-refractivity contribution in [2.75, 3.05) is 5.32 Å². The molecule has 4 heterocycles. The van der Waals surface area contributed by atoms with E-state index in [0.717, 1.165) is 0 Å². The highest BCUT2D eigenvalue weighted by molar-refractivity contribution is 6.30. The summed E-state index contributed by atoms with van der Waals surface area (Å²) in [6.07, 6.45) is -2.65. The molecule has 0 radical (unpaired) electrons. The summed E-state index contributed by atoms with van der Waals surface area (Å²) in [6, 6.07) is 4.22. The smallest absolute Gasteiger partial charge is 0.167 e. The van der Waals surface area contributed by atoms with E-state index >= 15 is 0 Å². The molecule has 34 heavy (non-hydrogen) atoms. The maximum absolute atomic E-state index is 14.3. The lowest BCUT2D eigenvalue weighted by Gasteiger charge is -2.26. The Morgan fingerprint density at radius 1 is 1.12 bits per heavy atom. The third-order valence-electron chi connectivity index (χ3n) is 5.82. The first kappa shape index (κ1) is 23.3. The normalized spacial score (nSPS) is 29.7. The Bertz CT molecular complexity index is 1210. The van der Waals surface area contributed by atoms with Crippen molar-refractivity contribution in [3.63, 3.8) is 0 Å². The molecule has 1 aromatic carbocycles. The molecular weight excluding hydrogens is 469 g/mol. The first-order chi connectivity index (χ1) is 16.1. The lowest BCUT2D eigenvalue weighted by molar-refractivity contribution is -0.122. The molecule has 2 aliphatic rings. The second-order valence-corrected chi connectivity index (χ2v) is 9.80. The van der Waals surface area contributed by atoms with Crippen molar-refractivity contribution >= 4 is 34.3 Å². The SMILES string of the molecule is CC(C)(C)C1NNC([C@H]2O[C@@H](n3cnc4c(Nc5ccc(Cl)cc5F)ncnc43)[C@H](O)[C@@H]2O)O1. The summed E-state index contributed by atoms with van der Waals surface area (Å²) in [7, 11) is 0. The van der Waals surface area contributed by atoms with Crippen LogP contribution in [0.2, 0.25) is 5.02 Å². The van der Waals surface area contributed by atoms with Crippen molar-refractivity contribution in [3.05, 3.63) is 41.7 Å². The lowest BCUT2D eigenvalue weighted by atomic mass is 9.95. The van der Waals surface area contributed by atoms with Gasteiger partial charge in [-0.25, -0.2) is 30.2 Å². The Hall–Kier alpha value is -2.45. The van der Waals surface area contributed by atoms with Crippen LogP contribution in [0.1, 0.15) is 27.0 Å². The van der Waals surface area contributed by atoms with Gasteiger partial charge in [-0.3, -0.25) is 4.57 Å². The number of aliphatic hydroxyl groups excluding tert-OH is 2. The van der Waals surface area contributed by atoms with Crippen molar-refractivity contribution in [2.45, 2.75) is 57.8 Å². The van der Waals surface area contributed by atoms with Gasteiger partial charge in [0.2, 0.25) is 0 Å². The van der Waals surface area contributed by atoms with E-state index in [1.807, 2.05) is 20.8 Å². The number of hydrogen-bond donors (Lipinski definition) is 5. The van der Waals surface area contributed by atoms with Crippen LogP contribution in [0.5, 0.6) is 0 Å². The van der Waals surface area contributed by atoms with Crippen LogP contribution in [-0.2, 0) is 9.47 Å². The number of aromatic nitrogens is 4. The van der Waals surface area contributed by atoms with Crippen molar-refractivity contribution in [3.8, 4) is 0 Å². The summed E-state index contributed by atoms with van der Waals surface area (Å²) >= 11 is 5.82. The van der Waals surface area contributed by atoms with Crippen LogP contribution in [0.25, 0.3) is 11.2 Å². The maximum Gasteiger partial charge on any atom is 0.167 e. The van der Waals surface area contributed by atoms with Crippen molar-refractivity contribution < 1.29 is 24.1 Å². The number of nitrogens with one attached hydrogen (secondary N) is 3. The van der Waals surface area contributed by atoms with Gasteiger partial charge in [-0.1, -0.05) is 32.4 Å². The summed E-state index contributed by atoms with van der Waals surface area (Å²) in [5.74, 6) is -0.294. The number of benzene rings is 1. The van der Waals surface area contributed by atoms with Gasteiger partial charge in [0.05, 0.1) is 12.0 Å². The summed E-state index contributed by atoms with van der Waals surface area (Å²) in [4.78, 5) is 12.7. The topological polar surface area (TPSA) is 139 Å². The highest BCUT2D eigenvalue weighted by Gasteiger charge is 2.51. The van der Waals surface area contributed by atoms with Gasteiger partial charge in [-0.05, 0) is 18.2 Å². The molecule has 2 aromatic heterocycles. The summed E-state index contributed by atoms with van der Waals surface area (Å²) in [5.41, 5.74) is 6.65. The first-order valence-electron chi connectivity index (χ1n) is 10.7. The molecule has 5 rings (SSSR count). The van der Waals surface area contributed by atoms with Gasteiger partial charge >= 0.3 is 0 Å². The predicted octanol–water partition coefficient (Wildman–Crippen LogP) is 1.80. The highest BCUT2D eigenvalue weighted by atomic mass is 35.5. The van der Waals surface area contributed by atoms with Crippen LogP contribution in [0.15, 0.2) is 30.9 Å². The van der Waals surface area contributed by atoms with Crippen LogP contribution in [0.3, 0.4) is 0 Å². The molecule has 3 aromatic rings. The fraction of sp³-hybridized carbons (Fsp3) is 0.476. The van der Waals surface area contributed by atoms with Crippen molar-refractivity contribution in [1.82, 2.24) is 30.4 Å². The zero-order valence-electron chi connectivity index (χ0n) is 18.6. The van der Waals surface area contributed by atoms with Crippen molar-refractivity contribution in [1.29, 1.82) is 0 Å². The molecule has 182 valence electrons. The Morgan fingerprint density at radius 2 is 1.91 bits per heavy atom. The van der Waals surface area contributed by atoms with E-state index in [9.17, 15) is 14.6 Å².